The molecule has 2 rings (SSSR count). The Kier molecular flexibility index (Phi) is 4.47. The lowest BCUT2D eigenvalue weighted by atomic mass is 9.74. The van der Waals surface area contributed by atoms with Crippen molar-refractivity contribution in [1.82, 2.24) is 4.90 Å². The topological polar surface area (TPSA) is 46.6 Å². The Morgan fingerprint density at radius 1 is 1.24 bits per heavy atom. The highest BCUT2D eigenvalue weighted by molar-refractivity contribution is 6.08. The van der Waals surface area contributed by atoms with Crippen molar-refractivity contribution in [2.45, 2.75) is 33.4 Å². The van der Waals surface area contributed by atoms with Gasteiger partial charge in [0.15, 0.2) is 5.78 Å². The minimum absolute atomic E-state index is 0.00101. The number of carbonyl (C=O) groups is 2. The van der Waals surface area contributed by atoms with Crippen LogP contribution in [0.4, 0.5) is 0 Å². The third kappa shape index (κ3) is 3.32. The Morgan fingerprint density at radius 2 is 1.86 bits per heavy atom. The van der Waals surface area contributed by atoms with Gasteiger partial charge in [-0.3, -0.25) is 9.59 Å². The summed E-state index contributed by atoms with van der Waals surface area (Å²) in [5.74, 6) is -0.645. The van der Waals surface area contributed by atoms with E-state index in [1.165, 1.54) is 0 Å². The van der Waals surface area contributed by atoms with Crippen molar-refractivity contribution in [2.24, 2.45) is 11.3 Å². The summed E-state index contributed by atoms with van der Waals surface area (Å²) < 4.78 is 5.69. The van der Waals surface area contributed by atoms with Crippen LogP contribution in [0.1, 0.15) is 26.3 Å². The van der Waals surface area contributed by atoms with Crippen molar-refractivity contribution in [3.63, 3.8) is 0 Å². The SMILES string of the molecule is CN1C(=O)[C@@H](C(=O)C(C)(C)C)[C@@H]1COCc1ccccc1. The van der Waals surface area contributed by atoms with Crippen LogP contribution in [0, 0.1) is 11.3 Å². The number of likely N-dealkylation sites (tertiary alicyclic amines) is 1. The van der Waals surface area contributed by atoms with Gasteiger partial charge in [0.25, 0.3) is 0 Å². The van der Waals surface area contributed by atoms with Crippen LogP contribution in [0.3, 0.4) is 0 Å². The molecule has 1 aromatic carbocycles. The molecule has 114 valence electrons. The quantitative estimate of drug-likeness (QED) is 0.617. The maximum absolute atomic E-state index is 12.3. The molecular weight excluding hydrogens is 266 g/mol. The van der Waals surface area contributed by atoms with Crippen LogP contribution in [0.2, 0.25) is 0 Å². The minimum Gasteiger partial charge on any atom is -0.375 e. The summed E-state index contributed by atoms with van der Waals surface area (Å²) in [5, 5.41) is 0. The van der Waals surface area contributed by atoms with E-state index < -0.39 is 11.3 Å². The van der Waals surface area contributed by atoms with Crippen molar-refractivity contribution in [3.05, 3.63) is 35.9 Å². The maximum atomic E-state index is 12.3. The molecule has 0 bridgehead atoms. The molecule has 21 heavy (non-hydrogen) atoms. The first-order chi connectivity index (χ1) is 9.82. The van der Waals surface area contributed by atoms with Crippen LogP contribution in [-0.2, 0) is 20.9 Å². The van der Waals surface area contributed by atoms with Crippen LogP contribution in [-0.4, -0.2) is 36.3 Å². The van der Waals surface area contributed by atoms with E-state index >= 15 is 0 Å². The highest BCUT2D eigenvalue weighted by atomic mass is 16.5. The van der Waals surface area contributed by atoms with E-state index in [0.29, 0.717) is 13.2 Å². The van der Waals surface area contributed by atoms with Crippen molar-refractivity contribution < 1.29 is 14.3 Å². The lowest BCUT2D eigenvalue weighted by molar-refractivity contribution is -0.165. The van der Waals surface area contributed by atoms with Gasteiger partial charge in [-0.05, 0) is 5.56 Å². The molecule has 0 unspecified atom stereocenters. The standard InChI is InChI=1S/C17H23NO3/c1-17(2,3)15(19)14-13(18(4)16(14)20)11-21-10-12-8-6-5-7-9-12/h5-9,13-14H,10-11H2,1-4H3/t13-,14+/m0/s1. The molecule has 0 aromatic heterocycles. The first-order valence-electron chi connectivity index (χ1n) is 7.25. The normalized spacial score (nSPS) is 22.1. The maximum Gasteiger partial charge on any atom is 0.235 e. The summed E-state index contributed by atoms with van der Waals surface area (Å²) in [6, 6.07) is 9.72. The summed E-state index contributed by atoms with van der Waals surface area (Å²) in [6.07, 6.45) is 0. The third-order valence-corrected chi connectivity index (χ3v) is 3.92. The monoisotopic (exact) mass is 289 g/mol. The zero-order valence-electron chi connectivity index (χ0n) is 13.1. The molecule has 4 nitrogen and oxygen atoms in total. The number of Topliss-reactive ketones (excluding diaryl/α,β-unsaturated/α-hetero) is 1. The molecule has 1 saturated heterocycles. The average Bonchev–Trinajstić information content (AvgIpc) is 2.45. The van der Waals surface area contributed by atoms with E-state index in [-0.39, 0.29) is 17.7 Å². The van der Waals surface area contributed by atoms with Crippen molar-refractivity contribution >= 4 is 11.7 Å². The van der Waals surface area contributed by atoms with E-state index in [4.69, 9.17) is 4.74 Å². The molecule has 1 aromatic rings. The summed E-state index contributed by atoms with van der Waals surface area (Å²) in [7, 11) is 1.73. The fraction of sp³-hybridized carbons (Fsp3) is 0.529. The number of rotatable bonds is 5. The van der Waals surface area contributed by atoms with Gasteiger partial charge < -0.3 is 9.64 Å². The first kappa shape index (κ1) is 15.7. The number of ketones is 1. The van der Waals surface area contributed by atoms with Gasteiger partial charge in [-0.2, -0.15) is 0 Å². The van der Waals surface area contributed by atoms with Crippen molar-refractivity contribution in [3.8, 4) is 0 Å². The Balaban J connectivity index is 1.92. The van der Waals surface area contributed by atoms with Crippen molar-refractivity contribution in [1.29, 1.82) is 0 Å². The molecule has 1 aliphatic rings. The smallest absolute Gasteiger partial charge is 0.235 e. The highest BCUT2D eigenvalue weighted by Gasteiger charge is 2.51. The summed E-state index contributed by atoms with van der Waals surface area (Å²) in [5.41, 5.74) is 0.587. The number of benzene rings is 1. The van der Waals surface area contributed by atoms with Gasteiger partial charge in [0.1, 0.15) is 5.92 Å². The predicted octanol–water partition coefficient (Wildman–Crippen LogP) is 2.28. The molecule has 0 spiro atoms. The van der Waals surface area contributed by atoms with Crippen LogP contribution < -0.4 is 0 Å². The lowest BCUT2D eigenvalue weighted by Crippen LogP contribution is -2.65. The summed E-state index contributed by atoms with van der Waals surface area (Å²) in [6.45, 7) is 6.44. The lowest BCUT2D eigenvalue weighted by Gasteiger charge is -2.45. The van der Waals surface area contributed by atoms with Crippen molar-refractivity contribution in [2.75, 3.05) is 13.7 Å². The number of nitrogens with zero attached hydrogens (tertiary/aromatic N) is 1. The molecule has 1 aliphatic heterocycles. The highest BCUT2D eigenvalue weighted by Crippen LogP contribution is 2.32. The number of β-lactam (4-membered cyclic amide) rings is 1. The Hall–Kier alpha value is -1.68. The van der Waals surface area contributed by atoms with Gasteiger partial charge in [0.05, 0.1) is 19.3 Å². The van der Waals surface area contributed by atoms with Crippen LogP contribution >= 0.6 is 0 Å². The Bertz CT molecular complexity index is 519. The van der Waals surface area contributed by atoms with Gasteiger partial charge in [0, 0.05) is 12.5 Å². The fourth-order valence-electron chi connectivity index (χ4n) is 2.52. The largest absolute Gasteiger partial charge is 0.375 e. The molecule has 1 heterocycles. The number of ether oxygens (including phenoxy) is 1. The first-order valence-corrected chi connectivity index (χ1v) is 7.25. The van der Waals surface area contributed by atoms with E-state index in [9.17, 15) is 9.59 Å². The van der Waals surface area contributed by atoms with E-state index in [2.05, 4.69) is 0 Å². The molecule has 0 radical (unpaired) electrons. The van der Waals surface area contributed by atoms with E-state index in [0.717, 1.165) is 5.56 Å². The molecule has 1 fully saturated rings. The number of amides is 1. The molecule has 1 amide bonds. The number of hydrogen-bond acceptors (Lipinski definition) is 3. The van der Waals surface area contributed by atoms with Crippen LogP contribution in [0.15, 0.2) is 30.3 Å². The average molecular weight is 289 g/mol. The third-order valence-electron chi connectivity index (χ3n) is 3.92. The number of likely N-dealkylation sites (N-methyl/N-ethyl adjacent to an activating group) is 1. The second kappa shape index (κ2) is 5.98. The fourth-order valence-corrected chi connectivity index (χ4v) is 2.52. The summed E-state index contributed by atoms with van der Waals surface area (Å²) in [4.78, 5) is 25.9. The second-order valence-corrected chi connectivity index (χ2v) is 6.61. The van der Waals surface area contributed by atoms with Gasteiger partial charge in [0.2, 0.25) is 5.91 Å². The number of hydrogen-bond donors (Lipinski definition) is 0. The second-order valence-electron chi connectivity index (χ2n) is 6.61. The Labute approximate surface area is 126 Å². The van der Waals surface area contributed by atoms with E-state index in [1.807, 2.05) is 51.1 Å². The van der Waals surface area contributed by atoms with Crippen LogP contribution in [0.25, 0.3) is 0 Å². The molecule has 4 heteroatoms. The molecular formula is C17H23NO3. The molecule has 0 saturated carbocycles. The molecule has 0 aliphatic carbocycles. The van der Waals surface area contributed by atoms with Gasteiger partial charge in [-0.1, -0.05) is 51.1 Å². The minimum atomic E-state index is -0.550. The Morgan fingerprint density at radius 3 is 2.43 bits per heavy atom. The van der Waals surface area contributed by atoms with Gasteiger partial charge in [-0.25, -0.2) is 0 Å². The zero-order valence-corrected chi connectivity index (χ0v) is 13.1. The van der Waals surface area contributed by atoms with Gasteiger partial charge in [-0.15, -0.1) is 0 Å². The predicted molar refractivity (Wildman–Crippen MR) is 80.6 cm³/mol. The van der Waals surface area contributed by atoms with Crippen LogP contribution in [0.5, 0.6) is 0 Å². The molecule has 2 atom stereocenters. The van der Waals surface area contributed by atoms with Gasteiger partial charge >= 0.3 is 0 Å². The molecule has 0 N–H and O–H groups in total. The zero-order chi connectivity index (χ0) is 15.6. The number of carbonyl (C=O) groups excluding carboxylic acids is 2. The van der Waals surface area contributed by atoms with E-state index in [1.54, 1.807) is 11.9 Å². The summed E-state index contributed by atoms with van der Waals surface area (Å²) >= 11 is 0.